The van der Waals surface area contributed by atoms with Crippen LogP contribution in [-0.4, -0.2) is 95.5 Å². The Balaban J connectivity index is 2.02. The molecule has 3 amide bonds. The largest absolute Gasteiger partial charge is 0.472 e. The molecule has 1 aromatic heterocycles. The second-order valence-corrected chi connectivity index (χ2v) is 9.38. The molecule has 3 rings (SSSR count). The molecule has 0 saturated carbocycles. The molecular weight excluding hydrogens is 448 g/mol. The summed E-state index contributed by atoms with van der Waals surface area (Å²) in [5.41, 5.74) is 2.35. The van der Waals surface area contributed by atoms with Gasteiger partial charge in [0, 0.05) is 57.9 Å². The van der Waals surface area contributed by atoms with E-state index < -0.39 is 6.04 Å². The Morgan fingerprint density at radius 1 is 1.20 bits per heavy atom. The number of pyridine rings is 1. The van der Waals surface area contributed by atoms with Gasteiger partial charge in [0.25, 0.3) is 11.8 Å². The first kappa shape index (κ1) is 26.2. The summed E-state index contributed by atoms with van der Waals surface area (Å²) >= 11 is 0. The highest BCUT2D eigenvalue weighted by Gasteiger charge is 2.34. The van der Waals surface area contributed by atoms with Crippen LogP contribution in [0, 0.1) is 5.92 Å². The topological polar surface area (TPSA) is 103 Å². The molecule has 35 heavy (non-hydrogen) atoms. The number of nitrogens with zero attached hydrogens (tertiary/aromatic N) is 4. The van der Waals surface area contributed by atoms with E-state index in [1.165, 1.54) is 11.8 Å². The van der Waals surface area contributed by atoms with Crippen molar-refractivity contribution in [1.29, 1.82) is 0 Å². The van der Waals surface area contributed by atoms with Gasteiger partial charge in [0.2, 0.25) is 11.8 Å². The summed E-state index contributed by atoms with van der Waals surface area (Å²) in [7, 11) is 5.10. The molecule has 1 N–H and O–H groups in total. The first-order valence-electron chi connectivity index (χ1n) is 11.7. The van der Waals surface area contributed by atoms with Gasteiger partial charge in [-0.2, -0.15) is 0 Å². The van der Waals surface area contributed by atoms with E-state index in [1.807, 2.05) is 19.1 Å². The normalized spacial score (nSPS) is 18.6. The molecule has 3 atom stereocenters. The van der Waals surface area contributed by atoms with Crippen LogP contribution in [0.2, 0.25) is 0 Å². The number of amides is 3. The summed E-state index contributed by atoms with van der Waals surface area (Å²) in [5.74, 6) is -0.367. The van der Waals surface area contributed by atoms with Gasteiger partial charge in [-0.05, 0) is 30.7 Å². The number of fused-ring (bicyclic) bond motifs is 1. The van der Waals surface area contributed by atoms with Crippen LogP contribution in [0.15, 0.2) is 36.5 Å². The minimum Gasteiger partial charge on any atom is -0.472 e. The Morgan fingerprint density at radius 2 is 1.86 bits per heavy atom. The van der Waals surface area contributed by atoms with Crippen molar-refractivity contribution >= 4 is 17.7 Å². The van der Waals surface area contributed by atoms with E-state index in [4.69, 9.17) is 4.74 Å². The molecule has 0 fully saturated rings. The molecule has 9 heteroatoms. The predicted octanol–water partition coefficient (Wildman–Crippen LogP) is 2.15. The lowest BCUT2D eigenvalue weighted by Gasteiger charge is -2.37. The second kappa shape index (κ2) is 10.9. The molecule has 1 aromatic carbocycles. The number of likely N-dealkylation sites (N-methyl/N-ethyl adjacent to an activating group) is 1. The van der Waals surface area contributed by atoms with Gasteiger partial charge in [0.15, 0.2) is 0 Å². The van der Waals surface area contributed by atoms with Gasteiger partial charge < -0.3 is 24.5 Å². The van der Waals surface area contributed by atoms with E-state index >= 15 is 0 Å². The highest BCUT2D eigenvalue weighted by atomic mass is 16.5. The molecule has 1 aliphatic heterocycles. The number of benzene rings is 1. The molecule has 2 aromatic rings. The summed E-state index contributed by atoms with van der Waals surface area (Å²) in [6.07, 6.45) is 1.24. The quantitative estimate of drug-likeness (QED) is 0.677. The smallest absolute Gasteiger partial charge is 0.259 e. The maximum atomic E-state index is 13.6. The average molecular weight is 483 g/mol. The number of hydrogen-bond acceptors (Lipinski definition) is 6. The summed E-state index contributed by atoms with van der Waals surface area (Å²) < 4.78 is 6.20. The lowest BCUT2D eigenvalue weighted by atomic mass is 9.99. The molecule has 0 aliphatic carbocycles. The number of aliphatic hydroxyl groups is 1. The van der Waals surface area contributed by atoms with E-state index in [0.717, 1.165) is 5.56 Å². The van der Waals surface area contributed by atoms with Crippen LogP contribution in [0.1, 0.15) is 41.5 Å². The molecule has 0 spiro atoms. The van der Waals surface area contributed by atoms with Crippen LogP contribution >= 0.6 is 0 Å². The third kappa shape index (κ3) is 5.79. The Labute approximate surface area is 206 Å². The zero-order valence-corrected chi connectivity index (χ0v) is 21.2. The van der Waals surface area contributed by atoms with Gasteiger partial charge in [0.05, 0.1) is 19.2 Å². The van der Waals surface area contributed by atoms with Crippen molar-refractivity contribution in [2.75, 3.05) is 40.8 Å². The molecule has 0 radical (unpaired) electrons. The lowest BCUT2D eigenvalue weighted by molar-refractivity contribution is -0.129. The summed E-state index contributed by atoms with van der Waals surface area (Å²) in [5, 5.41) is 9.80. The van der Waals surface area contributed by atoms with Crippen molar-refractivity contribution in [1.82, 2.24) is 19.7 Å². The van der Waals surface area contributed by atoms with Gasteiger partial charge in [-0.25, -0.2) is 4.98 Å². The highest BCUT2D eigenvalue weighted by molar-refractivity contribution is 5.98. The first-order chi connectivity index (χ1) is 16.5. The number of aliphatic hydroxyl groups excluding tert-OH is 1. The maximum absolute atomic E-state index is 13.6. The highest BCUT2D eigenvalue weighted by Crippen LogP contribution is 2.30. The van der Waals surface area contributed by atoms with E-state index in [2.05, 4.69) is 4.98 Å². The van der Waals surface area contributed by atoms with Gasteiger partial charge in [-0.1, -0.05) is 19.1 Å². The maximum Gasteiger partial charge on any atom is 0.259 e. The van der Waals surface area contributed by atoms with Crippen LogP contribution in [0.4, 0.5) is 0 Å². The number of rotatable bonds is 6. The van der Waals surface area contributed by atoms with Gasteiger partial charge >= 0.3 is 0 Å². The Hall–Kier alpha value is -3.46. The van der Waals surface area contributed by atoms with Crippen LogP contribution in [0.25, 0.3) is 11.1 Å². The van der Waals surface area contributed by atoms with Crippen LogP contribution in [0.5, 0.6) is 5.88 Å². The minimum atomic E-state index is -0.401. The molecule has 2 heterocycles. The number of hydrogen-bond donors (Lipinski definition) is 1. The van der Waals surface area contributed by atoms with Gasteiger partial charge in [-0.3, -0.25) is 14.4 Å². The van der Waals surface area contributed by atoms with Crippen molar-refractivity contribution < 1.29 is 24.2 Å². The molecule has 0 saturated heterocycles. The van der Waals surface area contributed by atoms with Crippen LogP contribution in [0.3, 0.4) is 0 Å². The fourth-order valence-electron chi connectivity index (χ4n) is 3.94. The SMILES string of the molecule is CC(=O)N(C)C[C@H]1Oc2ncc(-c3ccc(C(=O)N(C)C)cc3)cc2C(=O)N([C@@H](C)CO)C[C@@H]1C. The molecule has 0 bridgehead atoms. The van der Waals surface area contributed by atoms with E-state index in [9.17, 15) is 19.5 Å². The Morgan fingerprint density at radius 3 is 2.43 bits per heavy atom. The van der Waals surface area contributed by atoms with Crippen LogP contribution < -0.4 is 4.74 Å². The number of carbonyl (C=O) groups excluding carboxylic acids is 3. The van der Waals surface area contributed by atoms with E-state index in [-0.39, 0.29) is 42.2 Å². The van der Waals surface area contributed by atoms with Crippen molar-refractivity contribution in [2.45, 2.75) is 32.9 Å². The fourth-order valence-corrected chi connectivity index (χ4v) is 3.94. The second-order valence-electron chi connectivity index (χ2n) is 9.38. The van der Waals surface area contributed by atoms with Crippen molar-refractivity contribution in [3.8, 4) is 17.0 Å². The first-order valence-corrected chi connectivity index (χ1v) is 11.7. The zero-order valence-electron chi connectivity index (χ0n) is 21.2. The van der Waals surface area contributed by atoms with Gasteiger partial charge in [0.1, 0.15) is 11.7 Å². The fraction of sp³-hybridized carbons (Fsp3) is 0.462. The van der Waals surface area contributed by atoms with E-state index in [0.29, 0.717) is 29.8 Å². The number of ether oxygens (including phenoxy) is 1. The van der Waals surface area contributed by atoms with Gasteiger partial charge in [-0.15, -0.1) is 0 Å². The molecular formula is C26H34N4O5. The standard InChI is InChI=1S/C26H34N4O5/c1-16-13-30(17(2)15-31)26(34)22-11-21(19-7-9-20(10-8-19)25(33)28(4)5)12-27-24(22)35-23(16)14-29(6)18(3)32/h7-12,16-17,23,31H,13-15H2,1-6H3/t16-,17-,23+/m0/s1. The zero-order chi connectivity index (χ0) is 25.9. The summed E-state index contributed by atoms with van der Waals surface area (Å²) in [6.45, 7) is 5.77. The van der Waals surface area contributed by atoms with Crippen molar-refractivity contribution in [2.24, 2.45) is 5.92 Å². The van der Waals surface area contributed by atoms with E-state index in [1.54, 1.807) is 62.3 Å². The van der Waals surface area contributed by atoms with Crippen LogP contribution in [-0.2, 0) is 4.79 Å². The summed E-state index contributed by atoms with van der Waals surface area (Å²) in [6, 6.07) is 8.43. The third-order valence-electron chi connectivity index (χ3n) is 6.38. The number of aromatic nitrogens is 1. The summed E-state index contributed by atoms with van der Waals surface area (Å²) in [4.78, 5) is 46.8. The Kier molecular flexibility index (Phi) is 8.11. The van der Waals surface area contributed by atoms with Crippen molar-refractivity contribution in [3.05, 3.63) is 47.7 Å². The third-order valence-corrected chi connectivity index (χ3v) is 6.38. The average Bonchev–Trinajstić information content (AvgIpc) is 2.84. The Bertz CT molecular complexity index is 1090. The predicted molar refractivity (Wildman–Crippen MR) is 132 cm³/mol. The van der Waals surface area contributed by atoms with Crippen molar-refractivity contribution in [3.63, 3.8) is 0 Å². The number of carbonyl (C=O) groups is 3. The lowest BCUT2D eigenvalue weighted by Crippen LogP contribution is -2.50. The molecule has 9 nitrogen and oxygen atoms in total. The molecule has 188 valence electrons. The molecule has 0 unspecified atom stereocenters. The monoisotopic (exact) mass is 482 g/mol. The minimum absolute atomic E-state index is 0.0840. The molecule has 1 aliphatic rings.